The third-order valence-electron chi connectivity index (χ3n) is 4.52. The minimum absolute atomic E-state index is 0.0497. The summed E-state index contributed by atoms with van der Waals surface area (Å²) in [5, 5.41) is 16.9. The molecule has 24 heavy (non-hydrogen) atoms. The van der Waals surface area contributed by atoms with Crippen molar-refractivity contribution >= 4 is 5.91 Å². The van der Waals surface area contributed by atoms with Gasteiger partial charge in [-0.3, -0.25) is 4.79 Å². The van der Waals surface area contributed by atoms with Crippen LogP contribution in [0.4, 0.5) is 0 Å². The molecule has 2 N–H and O–H groups in total. The first-order valence-corrected chi connectivity index (χ1v) is 8.34. The van der Waals surface area contributed by atoms with Gasteiger partial charge in [0.15, 0.2) is 5.82 Å². The third-order valence-corrected chi connectivity index (χ3v) is 4.52. The molecule has 1 amide bonds. The Balaban J connectivity index is 2.16. The SMILES string of the molecule is CCC(C)C(CO)NC(=O)Cc1c(C)nn(-c2ccccn2)c1C. The Morgan fingerprint density at radius 1 is 1.38 bits per heavy atom. The van der Waals surface area contributed by atoms with Crippen LogP contribution in [-0.4, -0.2) is 38.4 Å². The number of amides is 1. The minimum atomic E-state index is -0.214. The zero-order chi connectivity index (χ0) is 17.7. The molecular weight excluding hydrogens is 304 g/mol. The van der Waals surface area contributed by atoms with Crippen LogP contribution < -0.4 is 5.32 Å². The van der Waals surface area contributed by atoms with Crippen LogP contribution in [-0.2, 0) is 11.2 Å². The van der Waals surface area contributed by atoms with E-state index >= 15 is 0 Å². The smallest absolute Gasteiger partial charge is 0.224 e. The number of rotatable bonds is 7. The maximum atomic E-state index is 12.4. The predicted octanol–water partition coefficient (Wildman–Crippen LogP) is 1.95. The molecule has 2 aromatic heterocycles. The number of hydrogen-bond donors (Lipinski definition) is 2. The van der Waals surface area contributed by atoms with Crippen molar-refractivity contribution in [2.75, 3.05) is 6.61 Å². The van der Waals surface area contributed by atoms with Crippen molar-refractivity contribution in [2.45, 2.75) is 46.6 Å². The van der Waals surface area contributed by atoms with Gasteiger partial charge in [-0.2, -0.15) is 5.10 Å². The fourth-order valence-corrected chi connectivity index (χ4v) is 2.70. The molecule has 2 rings (SSSR count). The van der Waals surface area contributed by atoms with Crippen molar-refractivity contribution < 1.29 is 9.90 Å². The van der Waals surface area contributed by atoms with Gasteiger partial charge in [0.1, 0.15) is 0 Å². The van der Waals surface area contributed by atoms with Crippen molar-refractivity contribution in [3.8, 4) is 5.82 Å². The fourth-order valence-electron chi connectivity index (χ4n) is 2.70. The molecule has 6 nitrogen and oxygen atoms in total. The van der Waals surface area contributed by atoms with Gasteiger partial charge in [-0.15, -0.1) is 0 Å². The Kier molecular flexibility index (Phi) is 6.09. The van der Waals surface area contributed by atoms with E-state index in [1.807, 2.05) is 45.9 Å². The molecule has 0 aliphatic carbocycles. The molecule has 2 aromatic rings. The summed E-state index contributed by atoms with van der Waals surface area (Å²) in [5.74, 6) is 0.871. The average molecular weight is 330 g/mol. The molecule has 0 aliphatic heterocycles. The molecule has 0 radical (unpaired) electrons. The first-order chi connectivity index (χ1) is 11.5. The number of carbonyl (C=O) groups excluding carboxylic acids is 1. The first-order valence-electron chi connectivity index (χ1n) is 8.34. The summed E-state index contributed by atoms with van der Waals surface area (Å²) in [7, 11) is 0. The summed E-state index contributed by atoms with van der Waals surface area (Å²) in [6.45, 7) is 7.86. The zero-order valence-electron chi connectivity index (χ0n) is 14.8. The summed E-state index contributed by atoms with van der Waals surface area (Å²) in [4.78, 5) is 16.7. The summed E-state index contributed by atoms with van der Waals surface area (Å²) >= 11 is 0. The second-order valence-electron chi connectivity index (χ2n) is 6.17. The molecule has 2 atom stereocenters. The van der Waals surface area contributed by atoms with Gasteiger partial charge >= 0.3 is 0 Å². The average Bonchev–Trinajstić information content (AvgIpc) is 2.88. The van der Waals surface area contributed by atoms with Crippen LogP contribution in [0.15, 0.2) is 24.4 Å². The second kappa shape index (κ2) is 8.06. The summed E-state index contributed by atoms with van der Waals surface area (Å²) in [5.41, 5.74) is 2.63. The number of nitrogens with zero attached hydrogens (tertiary/aromatic N) is 3. The molecule has 0 bridgehead atoms. The lowest BCUT2D eigenvalue weighted by molar-refractivity contribution is -0.121. The fraction of sp³-hybridized carbons (Fsp3) is 0.500. The highest BCUT2D eigenvalue weighted by Gasteiger charge is 2.20. The van der Waals surface area contributed by atoms with E-state index < -0.39 is 0 Å². The standard InChI is InChI=1S/C18H26N4O2/c1-5-12(2)16(11-23)20-18(24)10-15-13(3)21-22(14(15)4)17-8-6-7-9-19-17/h6-9,12,16,23H,5,10-11H2,1-4H3,(H,20,24). The summed E-state index contributed by atoms with van der Waals surface area (Å²) in [6.07, 6.45) is 2.87. The van der Waals surface area contributed by atoms with Crippen molar-refractivity contribution in [1.82, 2.24) is 20.1 Å². The highest BCUT2D eigenvalue weighted by atomic mass is 16.3. The third kappa shape index (κ3) is 4.00. The van der Waals surface area contributed by atoms with Gasteiger partial charge in [-0.1, -0.05) is 26.3 Å². The summed E-state index contributed by atoms with van der Waals surface area (Å²) in [6, 6.07) is 5.43. The van der Waals surface area contributed by atoms with Crippen LogP contribution in [0.5, 0.6) is 0 Å². The Morgan fingerprint density at radius 2 is 2.12 bits per heavy atom. The van der Waals surface area contributed by atoms with E-state index in [0.29, 0.717) is 0 Å². The topological polar surface area (TPSA) is 80.0 Å². The maximum Gasteiger partial charge on any atom is 0.224 e. The van der Waals surface area contributed by atoms with Crippen molar-refractivity contribution in [2.24, 2.45) is 5.92 Å². The number of hydrogen-bond acceptors (Lipinski definition) is 4. The largest absolute Gasteiger partial charge is 0.394 e. The van der Waals surface area contributed by atoms with Crippen LogP contribution in [0.1, 0.15) is 37.2 Å². The van der Waals surface area contributed by atoms with E-state index in [9.17, 15) is 9.90 Å². The van der Waals surface area contributed by atoms with E-state index in [1.165, 1.54) is 0 Å². The molecule has 0 saturated carbocycles. The molecule has 0 fully saturated rings. The number of nitrogens with one attached hydrogen (secondary N) is 1. The van der Waals surface area contributed by atoms with E-state index in [4.69, 9.17) is 0 Å². The Bertz CT molecular complexity index is 682. The second-order valence-corrected chi connectivity index (χ2v) is 6.17. The van der Waals surface area contributed by atoms with Gasteiger partial charge in [0.25, 0.3) is 0 Å². The van der Waals surface area contributed by atoms with Crippen LogP contribution >= 0.6 is 0 Å². The van der Waals surface area contributed by atoms with E-state index in [-0.39, 0.29) is 30.9 Å². The lowest BCUT2D eigenvalue weighted by atomic mass is 9.99. The van der Waals surface area contributed by atoms with Gasteiger partial charge in [-0.05, 0) is 31.9 Å². The molecule has 0 spiro atoms. The first kappa shape index (κ1) is 18.1. The lowest BCUT2D eigenvalue weighted by Gasteiger charge is -2.22. The molecule has 2 unspecified atom stereocenters. The summed E-state index contributed by atoms with van der Waals surface area (Å²) < 4.78 is 1.76. The van der Waals surface area contributed by atoms with Gasteiger partial charge < -0.3 is 10.4 Å². The van der Waals surface area contributed by atoms with Gasteiger partial charge in [0.05, 0.1) is 24.8 Å². The van der Waals surface area contributed by atoms with Crippen molar-refractivity contribution in [1.29, 1.82) is 0 Å². The van der Waals surface area contributed by atoms with Gasteiger partial charge in [0, 0.05) is 17.5 Å². The molecule has 0 aliphatic rings. The number of pyridine rings is 1. The highest BCUT2D eigenvalue weighted by Crippen LogP contribution is 2.17. The van der Waals surface area contributed by atoms with Gasteiger partial charge in [-0.25, -0.2) is 9.67 Å². The number of aliphatic hydroxyl groups excluding tert-OH is 1. The number of aryl methyl sites for hydroxylation is 1. The predicted molar refractivity (Wildman–Crippen MR) is 93.0 cm³/mol. The maximum absolute atomic E-state index is 12.4. The minimum Gasteiger partial charge on any atom is -0.394 e. The van der Waals surface area contributed by atoms with E-state index in [0.717, 1.165) is 29.2 Å². The molecule has 0 saturated heterocycles. The molecular formula is C18H26N4O2. The Labute approximate surface area is 142 Å². The highest BCUT2D eigenvalue weighted by molar-refractivity contribution is 5.79. The van der Waals surface area contributed by atoms with Crippen LogP contribution in [0.25, 0.3) is 5.82 Å². The Hall–Kier alpha value is -2.21. The molecule has 130 valence electrons. The number of aliphatic hydroxyl groups is 1. The van der Waals surface area contributed by atoms with Crippen LogP contribution in [0.2, 0.25) is 0 Å². The molecule has 2 heterocycles. The van der Waals surface area contributed by atoms with E-state index in [1.54, 1.807) is 10.9 Å². The lowest BCUT2D eigenvalue weighted by Crippen LogP contribution is -2.42. The van der Waals surface area contributed by atoms with Crippen LogP contribution in [0.3, 0.4) is 0 Å². The number of aromatic nitrogens is 3. The van der Waals surface area contributed by atoms with Crippen molar-refractivity contribution in [3.05, 3.63) is 41.3 Å². The quantitative estimate of drug-likeness (QED) is 0.813. The van der Waals surface area contributed by atoms with Crippen LogP contribution in [0, 0.1) is 19.8 Å². The zero-order valence-corrected chi connectivity index (χ0v) is 14.8. The molecule has 0 aromatic carbocycles. The van der Waals surface area contributed by atoms with Crippen molar-refractivity contribution in [3.63, 3.8) is 0 Å². The van der Waals surface area contributed by atoms with Gasteiger partial charge in [0.2, 0.25) is 5.91 Å². The normalized spacial score (nSPS) is 13.5. The molecule has 6 heteroatoms. The van der Waals surface area contributed by atoms with E-state index in [2.05, 4.69) is 15.4 Å². The monoisotopic (exact) mass is 330 g/mol. The number of carbonyl (C=O) groups is 1. The Morgan fingerprint density at radius 3 is 2.71 bits per heavy atom.